The molecule has 4 amide bonds. The molecular weight excluding hydrogens is 348 g/mol. The van der Waals surface area contributed by atoms with E-state index >= 15 is 0 Å². The van der Waals surface area contributed by atoms with Gasteiger partial charge in [-0.05, 0) is 37.9 Å². The summed E-state index contributed by atoms with van der Waals surface area (Å²) in [7, 11) is 1.94. The number of benzene rings is 1. The predicted molar refractivity (Wildman–Crippen MR) is 95.8 cm³/mol. The summed E-state index contributed by atoms with van der Waals surface area (Å²) in [6.45, 7) is 0.493. The molecule has 2 aliphatic heterocycles. The second-order valence-electron chi connectivity index (χ2n) is 7.32. The highest BCUT2D eigenvalue weighted by Crippen LogP contribution is 2.30. The molecular formula is C19H22N4O4. The first kappa shape index (κ1) is 17.8. The van der Waals surface area contributed by atoms with Gasteiger partial charge in [0, 0.05) is 25.0 Å². The van der Waals surface area contributed by atoms with Crippen LogP contribution in [0.3, 0.4) is 0 Å². The maximum Gasteiger partial charge on any atom is 0.262 e. The summed E-state index contributed by atoms with van der Waals surface area (Å²) in [6, 6.07) is 5.18. The number of piperidine rings is 1. The summed E-state index contributed by atoms with van der Waals surface area (Å²) in [6.07, 6.45) is 2.34. The van der Waals surface area contributed by atoms with Crippen LogP contribution in [0.25, 0.3) is 0 Å². The molecule has 8 nitrogen and oxygen atoms in total. The van der Waals surface area contributed by atoms with E-state index in [0.717, 1.165) is 23.3 Å². The van der Waals surface area contributed by atoms with Crippen LogP contribution >= 0.6 is 0 Å². The third-order valence-corrected chi connectivity index (χ3v) is 5.68. The maximum atomic E-state index is 13.0. The van der Waals surface area contributed by atoms with Crippen molar-refractivity contribution in [1.29, 1.82) is 0 Å². The standard InChI is InChI=1S/C19H22N4O4/c1-20-11-7-12(8-11)21-9-10-3-2-4-13-16(10)19(27)23(18(13)26)14-5-6-15(24)22-17(14)25/h2-4,11-12,14,20-21H,5-9H2,1H3,(H,22,24,25). The zero-order valence-corrected chi connectivity index (χ0v) is 15.1. The largest absolute Gasteiger partial charge is 0.317 e. The number of hydrogen-bond donors (Lipinski definition) is 3. The van der Waals surface area contributed by atoms with Crippen molar-refractivity contribution < 1.29 is 19.2 Å². The van der Waals surface area contributed by atoms with Gasteiger partial charge in [-0.1, -0.05) is 12.1 Å². The van der Waals surface area contributed by atoms with Gasteiger partial charge < -0.3 is 10.6 Å². The van der Waals surface area contributed by atoms with E-state index in [4.69, 9.17) is 0 Å². The quantitative estimate of drug-likeness (QED) is 0.626. The highest BCUT2D eigenvalue weighted by Gasteiger charge is 2.45. The smallest absolute Gasteiger partial charge is 0.262 e. The first-order valence-electron chi connectivity index (χ1n) is 9.23. The number of fused-ring (bicyclic) bond motifs is 1. The normalized spacial score (nSPS) is 27.4. The molecule has 1 saturated heterocycles. The van der Waals surface area contributed by atoms with E-state index in [2.05, 4.69) is 16.0 Å². The van der Waals surface area contributed by atoms with Gasteiger partial charge in [0.05, 0.1) is 11.1 Å². The van der Waals surface area contributed by atoms with Crippen LogP contribution in [0.4, 0.5) is 0 Å². The average Bonchev–Trinajstić information content (AvgIpc) is 2.86. The van der Waals surface area contributed by atoms with Crippen molar-refractivity contribution in [3.63, 3.8) is 0 Å². The average molecular weight is 370 g/mol. The van der Waals surface area contributed by atoms with E-state index in [1.807, 2.05) is 13.1 Å². The summed E-state index contributed by atoms with van der Waals surface area (Å²) in [5, 5.41) is 8.87. The number of carbonyl (C=O) groups excluding carboxylic acids is 4. The second-order valence-corrected chi connectivity index (χ2v) is 7.32. The molecule has 1 unspecified atom stereocenters. The Hall–Kier alpha value is -2.58. The van der Waals surface area contributed by atoms with Crippen molar-refractivity contribution in [2.45, 2.75) is 50.4 Å². The maximum absolute atomic E-state index is 13.0. The van der Waals surface area contributed by atoms with Crippen LogP contribution in [0, 0.1) is 0 Å². The van der Waals surface area contributed by atoms with Gasteiger partial charge in [0.15, 0.2) is 0 Å². The van der Waals surface area contributed by atoms with Crippen molar-refractivity contribution >= 4 is 23.6 Å². The molecule has 3 N–H and O–H groups in total. The lowest BCUT2D eigenvalue weighted by molar-refractivity contribution is -0.136. The van der Waals surface area contributed by atoms with Gasteiger partial charge in [0.2, 0.25) is 11.8 Å². The van der Waals surface area contributed by atoms with Gasteiger partial charge >= 0.3 is 0 Å². The molecule has 2 heterocycles. The molecule has 142 valence electrons. The van der Waals surface area contributed by atoms with Gasteiger partial charge in [-0.25, -0.2) is 0 Å². The Morgan fingerprint density at radius 1 is 1.11 bits per heavy atom. The molecule has 0 spiro atoms. The lowest BCUT2D eigenvalue weighted by Gasteiger charge is -2.35. The van der Waals surface area contributed by atoms with E-state index in [-0.39, 0.29) is 18.7 Å². The fourth-order valence-electron chi connectivity index (χ4n) is 4.01. The fraction of sp³-hybridized carbons (Fsp3) is 0.474. The number of amides is 4. The van der Waals surface area contributed by atoms with Gasteiger partial charge in [-0.3, -0.25) is 29.4 Å². The molecule has 0 bridgehead atoms. The molecule has 1 saturated carbocycles. The van der Waals surface area contributed by atoms with Crippen LogP contribution in [0.2, 0.25) is 0 Å². The molecule has 3 aliphatic rings. The molecule has 0 radical (unpaired) electrons. The predicted octanol–water partition coefficient (Wildman–Crippen LogP) is -0.0722. The summed E-state index contributed by atoms with van der Waals surface area (Å²) in [5.41, 5.74) is 1.45. The molecule has 1 aromatic rings. The second kappa shape index (κ2) is 6.86. The lowest BCUT2D eigenvalue weighted by Crippen LogP contribution is -2.54. The first-order chi connectivity index (χ1) is 13.0. The highest BCUT2D eigenvalue weighted by atomic mass is 16.2. The molecule has 0 aromatic heterocycles. The monoisotopic (exact) mass is 370 g/mol. The Labute approximate surface area is 156 Å². The van der Waals surface area contributed by atoms with Crippen LogP contribution < -0.4 is 16.0 Å². The Morgan fingerprint density at radius 3 is 2.59 bits per heavy atom. The van der Waals surface area contributed by atoms with Gasteiger partial charge in [-0.2, -0.15) is 0 Å². The zero-order valence-electron chi connectivity index (χ0n) is 15.1. The molecule has 4 rings (SSSR count). The molecule has 8 heteroatoms. The Morgan fingerprint density at radius 2 is 1.89 bits per heavy atom. The zero-order chi connectivity index (χ0) is 19.1. The number of imide groups is 2. The lowest BCUT2D eigenvalue weighted by atomic mass is 9.86. The SMILES string of the molecule is CNC1CC(NCc2cccc3c2C(=O)N(C2CCC(=O)NC2=O)C3=O)C1. The van der Waals surface area contributed by atoms with Crippen molar-refractivity contribution in [2.75, 3.05) is 7.05 Å². The Balaban J connectivity index is 1.53. The van der Waals surface area contributed by atoms with E-state index in [1.165, 1.54) is 0 Å². The molecule has 2 fully saturated rings. The van der Waals surface area contributed by atoms with Crippen molar-refractivity contribution in [2.24, 2.45) is 0 Å². The van der Waals surface area contributed by atoms with Crippen LogP contribution in [-0.4, -0.2) is 53.7 Å². The van der Waals surface area contributed by atoms with Crippen LogP contribution in [-0.2, 0) is 16.1 Å². The van der Waals surface area contributed by atoms with Gasteiger partial charge in [-0.15, -0.1) is 0 Å². The van der Waals surface area contributed by atoms with Crippen LogP contribution in [0.1, 0.15) is 52.0 Å². The van der Waals surface area contributed by atoms with Gasteiger partial charge in [0.25, 0.3) is 11.8 Å². The Bertz CT molecular complexity index is 831. The number of nitrogens with zero attached hydrogens (tertiary/aromatic N) is 1. The number of hydrogen-bond acceptors (Lipinski definition) is 6. The van der Waals surface area contributed by atoms with E-state index in [0.29, 0.717) is 29.8 Å². The molecule has 27 heavy (non-hydrogen) atoms. The van der Waals surface area contributed by atoms with Crippen molar-refractivity contribution in [3.8, 4) is 0 Å². The summed E-state index contributed by atoms with van der Waals surface area (Å²) in [4.78, 5) is 50.3. The van der Waals surface area contributed by atoms with E-state index in [1.54, 1.807) is 12.1 Å². The van der Waals surface area contributed by atoms with E-state index in [9.17, 15) is 19.2 Å². The van der Waals surface area contributed by atoms with Gasteiger partial charge in [0.1, 0.15) is 6.04 Å². The van der Waals surface area contributed by atoms with Crippen LogP contribution in [0.5, 0.6) is 0 Å². The number of nitrogens with one attached hydrogen (secondary N) is 3. The molecule has 1 aliphatic carbocycles. The minimum atomic E-state index is -0.932. The molecule has 1 aromatic carbocycles. The molecule has 1 atom stereocenters. The summed E-state index contributed by atoms with van der Waals surface area (Å²) >= 11 is 0. The number of rotatable bonds is 5. The summed E-state index contributed by atoms with van der Waals surface area (Å²) in [5.74, 6) is -1.89. The number of carbonyl (C=O) groups is 4. The minimum Gasteiger partial charge on any atom is -0.317 e. The minimum absolute atomic E-state index is 0.118. The summed E-state index contributed by atoms with van der Waals surface area (Å²) < 4.78 is 0. The van der Waals surface area contributed by atoms with Crippen LogP contribution in [0.15, 0.2) is 18.2 Å². The highest BCUT2D eigenvalue weighted by molar-refractivity contribution is 6.24. The first-order valence-corrected chi connectivity index (χ1v) is 9.23. The van der Waals surface area contributed by atoms with E-state index < -0.39 is 23.8 Å². The van der Waals surface area contributed by atoms with Crippen molar-refractivity contribution in [1.82, 2.24) is 20.9 Å². The van der Waals surface area contributed by atoms with Crippen molar-refractivity contribution in [3.05, 3.63) is 34.9 Å². The fourth-order valence-corrected chi connectivity index (χ4v) is 4.01. The third-order valence-electron chi connectivity index (χ3n) is 5.68. The third kappa shape index (κ3) is 3.04. The Kier molecular flexibility index (Phi) is 4.53. The topological polar surface area (TPSA) is 108 Å².